The van der Waals surface area contributed by atoms with Crippen LogP contribution in [0, 0.1) is 0 Å². The third kappa shape index (κ3) is 4.67. The number of nitrogens with one attached hydrogen (secondary N) is 2. The maximum atomic E-state index is 12.8. The van der Waals surface area contributed by atoms with Crippen molar-refractivity contribution in [2.75, 3.05) is 32.6 Å². The highest BCUT2D eigenvalue weighted by Gasteiger charge is 2.27. The number of sulfonamides is 1. The molecule has 0 bridgehead atoms. The number of hydrogen-bond acceptors (Lipinski definition) is 6. The number of urea groups is 1. The fraction of sp³-hybridized carbons (Fsp3) is 0.545. The molecule has 1 heterocycles. The Bertz CT molecular complexity index is 1090. The Morgan fingerprint density at radius 3 is 2.44 bits per heavy atom. The van der Waals surface area contributed by atoms with Crippen molar-refractivity contribution in [3.05, 3.63) is 40.1 Å². The maximum absolute atomic E-state index is 12.8. The molecule has 32 heavy (non-hydrogen) atoms. The number of likely N-dealkylation sites (N-methyl/N-ethyl adjacent to an activating group) is 1. The first kappa shape index (κ1) is 22.8. The molecule has 0 atom stereocenters. The molecule has 9 nitrogen and oxygen atoms in total. The smallest absolute Gasteiger partial charge is 0.333 e. The predicted molar refractivity (Wildman–Crippen MR) is 121 cm³/mol. The molecule has 10 heteroatoms. The summed E-state index contributed by atoms with van der Waals surface area (Å²) in [5.41, 5.74) is 6.38. The van der Waals surface area contributed by atoms with Crippen LogP contribution in [0.15, 0.2) is 17.2 Å². The predicted octanol–water partition coefficient (Wildman–Crippen LogP) is 1.99. The molecule has 0 radical (unpaired) electrons. The van der Waals surface area contributed by atoms with E-state index in [4.69, 9.17) is 4.74 Å². The molecule has 0 fully saturated rings. The monoisotopic (exact) mass is 461 g/mol. The number of amides is 2. The summed E-state index contributed by atoms with van der Waals surface area (Å²) in [4.78, 5) is 14.7. The quantitative estimate of drug-likeness (QED) is 0.623. The minimum absolute atomic E-state index is 0.172. The Kier molecular flexibility index (Phi) is 6.55. The summed E-state index contributed by atoms with van der Waals surface area (Å²) in [6.07, 6.45) is 5.95. The number of aryl methyl sites for hydroxylation is 3. The van der Waals surface area contributed by atoms with Gasteiger partial charge in [-0.2, -0.15) is 13.5 Å². The number of fused-ring (bicyclic) bond motifs is 2. The molecule has 1 aromatic heterocycles. The largest absolute Gasteiger partial charge is 0.383 e. The lowest BCUT2D eigenvalue weighted by molar-refractivity contribution is 0.157. The molecule has 4 rings (SSSR count). The number of ether oxygens (including phenoxy) is 1. The average molecular weight is 462 g/mol. The van der Waals surface area contributed by atoms with Gasteiger partial charge in [-0.15, -0.1) is 0 Å². The van der Waals surface area contributed by atoms with Gasteiger partial charge in [-0.05, 0) is 67.8 Å². The van der Waals surface area contributed by atoms with Gasteiger partial charge < -0.3 is 10.1 Å². The van der Waals surface area contributed by atoms with Crippen LogP contribution < -0.4 is 10.0 Å². The van der Waals surface area contributed by atoms with Crippen LogP contribution in [0.5, 0.6) is 0 Å². The van der Waals surface area contributed by atoms with E-state index in [0.717, 1.165) is 61.0 Å². The van der Waals surface area contributed by atoms with Crippen LogP contribution in [0.2, 0.25) is 0 Å². The number of nitrogens with zero attached hydrogens (tertiary/aromatic N) is 3. The third-order valence-electron chi connectivity index (χ3n) is 6.28. The van der Waals surface area contributed by atoms with Gasteiger partial charge in [0.2, 0.25) is 0 Å². The van der Waals surface area contributed by atoms with E-state index in [-0.39, 0.29) is 5.03 Å². The van der Waals surface area contributed by atoms with E-state index in [0.29, 0.717) is 19.7 Å². The molecule has 2 amide bonds. The highest BCUT2D eigenvalue weighted by atomic mass is 32.2. The Morgan fingerprint density at radius 2 is 1.81 bits per heavy atom. The zero-order chi connectivity index (χ0) is 22.9. The normalized spacial score (nSPS) is 15.1. The molecule has 2 aliphatic carbocycles. The molecule has 2 aliphatic rings. The van der Waals surface area contributed by atoms with Crippen molar-refractivity contribution in [2.24, 2.45) is 7.05 Å². The van der Waals surface area contributed by atoms with Crippen LogP contribution >= 0.6 is 0 Å². The van der Waals surface area contributed by atoms with Gasteiger partial charge in [0.15, 0.2) is 5.03 Å². The summed E-state index contributed by atoms with van der Waals surface area (Å²) in [5, 5.41) is 6.81. The highest BCUT2D eigenvalue weighted by molar-refractivity contribution is 7.90. The molecule has 1 aromatic carbocycles. The van der Waals surface area contributed by atoms with Crippen molar-refractivity contribution >= 4 is 21.7 Å². The van der Waals surface area contributed by atoms with Crippen LogP contribution in [0.4, 0.5) is 10.5 Å². The molecule has 0 aliphatic heterocycles. The zero-order valence-corrected chi connectivity index (χ0v) is 19.7. The number of carbonyl (C=O) groups excluding carboxylic acids is 1. The van der Waals surface area contributed by atoms with Gasteiger partial charge in [0.05, 0.1) is 12.3 Å². The van der Waals surface area contributed by atoms with Gasteiger partial charge in [0.25, 0.3) is 10.0 Å². The van der Waals surface area contributed by atoms with E-state index in [1.54, 1.807) is 14.2 Å². The van der Waals surface area contributed by atoms with E-state index in [9.17, 15) is 13.2 Å². The first-order valence-electron chi connectivity index (χ1n) is 11.0. The Morgan fingerprint density at radius 1 is 1.16 bits per heavy atom. The fourth-order valence-electron chi connectivity index (χ4n) is 4.64. The second-order valence-electron chi connectivity index (χ2n) is 8.62. The standard InChI is InChI=1S/C22H31N5O4S/c1-26(10-11-31-3)14-17-13-20(24-27(17)2)32(29,30)25-22(28)23-21-18-8-4-6-15(18)12-16-7-5-9-19(16)21/h12-13H,4-11,14H2,1-3H3,(H2,23,25,28). The summed E-state index contributed by atoms with van der Waals surface area (Å²) < 4.78 is 34.4. The molecule has 2 N–H and O–H groups in total. The lowest BCUT2D eigenvalue weighted by atomic mass is 9.99. The van der Waals surface area contributed by atoms with Gasteiger partial charge in [-0.25, -0.2) is 9.52 Å². The second-order valence-corrected chi connectivity index (χ2v) is 10.3. The van der Waals surface area contributed by atoms with Gasteiger partial charge in [-0.3, -0.25) is 9.58 Å². The van der Waals surface area contributed by atoms with E-state index in [1.807, 2.05) is 11.9 Å². The van der Waals surface area contributed by atoms with Crippen LogP contribution in [0.3, 0.4) is 0 Å². The van der Waals surface area contributed by atoms with E-state index in [2.05, 4.69) is 21.2 Å². The Labute approximate surface area is 189 Å². The molecule has 0 unspecified atom stereocenters. The fourth-order valence-corrected chi connectivity index (χ4v) is 5.56. The number of benzene rings is 1. The summed E-state index contributed by atoms with van der Waals surface area (Å²) in [5.74, 6) is 0. The number of hydrogen-bond donors (Lipinski definition) is 2. The molecule has 0 saturated heterocycles. The van der Waals surface area contributed by atoms with Crippen LogP contribution in [-0.4, -0.2) is 56.4 Å². The summed E-state index contributed by atoms with van der Waals surface area (Å²) in [6, 6.07) is 3.02. The highest BCUT2D eigenvalue weighted by Crippen LogP contribution is 2.38. The van der Waals surface area contributed by atoms with Gasteiger partial charge in [0.1, 0.15) is 0 Å². The number of anilines is 1. The van der Waals surface area contributed by atoms with Crippen molar-refractivity contribution in [3.63, 3.8) is 0 Å². The minimum atomic E-state index is -4.10. The number of rotatable bonds is 8. The first-order valence-corrected chi connectivity index (χ1v) is 12.5. The van der Waals surface area contributed by atoms with Crippen LogP contribution in [-0.2, 0) is 54.0 Å². The first-order chi connectivity index (χ1) is 15.3. The summed E-state index contributed by atoms with van der Waals surface area (Å²) in [6.45, 7) is 1.79. The molecule has 174 valence electrons. The number of carbonyl (C=O) groups is 1. The minimum Gasteiger partial charge on any atom is -0.383 e. The second kappa shape index (κ2) is 9.21. The Balaban J connectivity index is 1.48. The molecule has 0 saturated carbocycles. The van der Waals surface area contributed by atoms with E-state index in [1.165, 1.54) is 21.9 Å². The third-order valence-corrected chi connectivity index (χ3v) is 7.48. The van der Waals surface area contributed by atoms with Crippen molar-refractivity contribution in [3.8, 4) is 0 Å². The average Bonchev–Trinajstić information content (AvgIpc) is 3.46. The maximum Gasteiger partial charge on any atom is 0.333 e. The van der Waals surface area contributed by atoms with Crippen molar-refractivity contribution in [2.45, 2.75) is 50.1 Å². The molecular weight excluding hydrogens is 430 g/mol. The van der Waals surface area contributed by atoms with Crippen molar-refractivity contribution in [1.82, 2.24) is 19.4 Å². The SMILES string of the molecule is COCCN(C)Cc1cc(S(=O)(=O)NC(=O)Nc2c3c(cc4c2CCC4)CCC3)nn1C. The van der Waals surface area contributed by atoms with Gasteiger partial charge in [-0.1, -0.05) is 6.07 Å². The topological polar surface area (TPSA) is 106 Å². The van der Waals surface area contributed by atoms with Crippen LogP contribution in [0.25, 0.3) is 0 Å². The van der Waals surface area contributed by atoms with Gasteiger partial charge >= 0.3 is 6.03 Å². The number of aromatic nitrogens is 2. The van der Waals surface area contributed by atoms with Gasteiger partial charge in [0, 0.05) is 39.0 Å². The lowest BCUT2D eigenvalue weighted by Gasteiger charge is -2.16. The summed E-state index contributed by atoms with van der Waals surface area (Å²) >= 11 is 0. The van der Waals surface area contributed by atoms with E-state index < -0.39 is 16.1 Å². The van der Waals surface area contributed by atoms with E-state index >= 15 is 0 Å². The molecule has 2 aromatic rings. The van der Waals surface area contributed by atoms with Crippen LogP contribution in [0.1, 0.15) is 40.8 Å². The lowest BCUT2D eigenvalue weighted by Crippen LogP contribution is -2.35. The summed E-state index contributed by atoms with van der Waals surface area (Å²) in [7, 11) is 1.15. The van der Waals surface area contributed by atoms with Crippen molar-refractivity contribution < 1.29 is 17.9 Å². The number of methoxy groups -OCH3 is 1. The zero-order valence-electron chi connectivity index (χ0n) is 18.9. The molecule has 0 spiro atoms. The Hall–Kier alpha value is -2.43. The van der Waals surface area contributed by atoms with Crippen molar-refractivity contribution in [1.29, 1.82) is 0 Å². The molecular formula is C22H31N5O4S.